The van der Waals surface area contributed by atoms with Crippen LogP contribution in [0.3, 0.4) is 0 Å². The lowest BCUT2D eigenvalue weighted by Gasteiger charge is -2.41. The normalized spacial score (nSPS) is 31.7. The predicted octanol–water partition coefficient (Wildman–Crippen LogP) is 5.93. The number of aromatic nitrogens is 1. The van der Waals surface area contributed by atoms with Crippen molar-refractivity contribution in [2.75, 3.05) is 0 Å². The quantitative estimate of drug-likeness (QED) is 0.608. The number of esters is 1. The van der Waals surface area contributed by atoms with Crippen molar-refractivity contribution in [3.8, 4) is 11.1 Å². The van der Waals surface area contributed by atoms with E-state index in [-0.39, 0.29) is 23.9 Å². The van der Waals surface area contributed by atoms with E-state index >= 15 is 0 Å². The molecule has 0 N–H and O–H groups in total. The molecule has 1 aromatic carbocycles. The van der Waals surface area contributed by atoms with Gasteiger partial charge in [0.25, 0.3) is 0 Å². The number of carbonyl (C=O) groups is 1. The fourth-order valence-electron chi connectivity index (χ4n) is 5.56. The maximum atomic E-state index is 12.3. The van der Waals surface area contributed by atoms with Crippen LogP contribution in [0.15, 0.2) is 48.7 Å². The summed E-state index contributed by atoms with van der Waals surface area (Å²) in [5, 5.41) is 0. The van der Waals surface area contributed by atoms with Crippen LogP contribution in [0, 0.1) is 36.5 Å². The number of carbonyl (C=O) groups excluding carboxylic acids is 1. The van der Waals surface area contributed by atoms with Gasteiger partial charge in [0, 0.05) is 17.7 Å². The first-order valence-electron chi connectivity index (χ1n) is 10.9. The van der Waals surface area contributed by atoms with Gasteiger partial charge in [-0.2, -0.15) is 0 Å². The molecule has 152 valence electrons. The molecule has 2 aliphatic rings. The van der Waals surface area contributed by atoms with Crippen molar-refractivity contribution in [2.45, 2.75) is 46.6 Å². The molecular formula is C26H31NO2. The molecule has 2 aromatic rings. The van der Waals surface area contributed by atoms with E-state index in [1.54, 1.807) is 0 Å². The number of ether oxygens (including phenoxy) is 1. The average molecular weight is 390 g/mol. The van der Waals surface area contributed by atoms with Crippen LogP contribution in [0.4, 0.5) is 0 Å². The van der Waals surface area contributed by atoms with E-state index < -0.39 is 0 Å². The van der Waals surface area contributed by atoms with E-state index in [0.29, 0.717) is 17.8 Å². The number of pyridine rings is 1. The molecule has 1 aliphatic heterocycles. The van der Waals surface area contributed by atoms with Gasteiger partial charge in [-0.3, -0.25) is 9.78 Å². The molecule has 1 aliphatic carbocycles. The Morgan fingerprint density at radius 3 is 2.69 bits per heavy atom. The van der Waals surface area contributed by atoms with Crippen molar-refractivity contribution in [1.29, 1.82) is 0 Å². The van der Waals surface area contributed by atoms with Crippen LogP contribution in [0.2, 0.25) is 0 Å². The van der Waals surface area contributed by atoms with Crippen LogP contribution in [0.5, 0.6) is 0 Å². The molecule has 6 atom stereocenters. The Kier molecular flexibility index (Phi) is 5.58. The van der Waals surface area contributed by atoms with Crippen LogP contribution in [-0.4, -0.2) is 17.1 Å². The van der Waals surface area contributed by atoms with Gasteiger partial charge in [-0.05, 0) is 55.7 Å². The summed E-state index contributed by atoms with van der Waals surface area (Å²) in [5.74, 6) is 1.80. The summed E-state index contributed by atoms with van der Waals surface area (Å²) in [6, 6.07) is 12.7. The number of nitrogens with zero attached hydrogens (tertiary/aromatic N) is 1. The molecule has 0 unspecified atom stereocenters. The van der Waals surface area contributed by atoms with Crippen molar-refractivity contribution < 1.29 is 9.53 Å². The molecule has 0 amide bonds. The van der Waals surface area contributed by atoms with Crippen LogP contribution < -0.4 is 0 Å². The number of allylic oxidation sites excluding steroid dienone is 1. The van der Waals surface area contributed by atoms with E-state index in [1.165, 1.54) is 11.1 Å². The third kappa shape index (κ3) is 3.88. The highest BCUT2D eigenvalue weighted by atomic mass is 16.6. The lowest BCUT2D eigenvalue weighted by atomic mass is 9.61. The van der Waals surface area contributed by atoms with E-state index in [9.17, 15) is 4.79 Å². The molecule has 1 saturated heterocycles. The van der Waals surface area contributed by atoms with Crippen molar-refractivity contribution in [1.82, 2.24) is 4.98 Å². The van der Waals surface area contributed by atoms with E-state index in [1.807, 2.05) is 6.20 Å². The van der Waals surface area contributed by atoms with Gasteiger partial charge in [0.15, 0.2) is 0 Å². The summed E-state index contributed by atoms with van der Waals surface area (Å²) in [4.78, 5) is 17.0. The minimum atomic E-state index is 0.000329. The molecule has 3 heteroatoms. The number of aryl methyl sites for hydroxylation is 1. The monoisotopic (exact) mass is 389 g/mol. The maximum absolute atomic E-state index is 12.3. The molecule has 3 nitrogen and oxygen atoms in total. The van der Waals surface area contributed by atoms with Crippen LogP contribution in [0.1, 0.15) is 44.9 Å². The highest BCUT2D eigenvalue weighted by Crippen LogP contribution is 2.50. The summed E-state index contributed by atoms with van der Waals surface area (Å²) in [5.41, 5.74) is 4.54. The third-order valence-electron chi connectivity index (χ3n) is 7.01. The maximum Gasteiger partial charge on any atom is 0.309 e. The molecule has 0 radical (unpaired) electrons. The Bertz CT molecular complexity index is 901. The summed E-state index contributed by atoms with van der Waals surface area (Å²) < 4.78 is 5.62. The first-order valence-corrected chi connectivity index (χ1v) is 10.9. The second-order valence-corrected chi connectivity index (χ2v) is 8.89. The van der Waals surface area contributed by atoms with Gasteiger partial charge < -0.3 is 4.74 Å². The minimum absolute atomic E-state index is 0.000329. The molecule has 0 spiro atoms. The summed E-state index contributed by atoms with van der Waals surface area (Å²) in [7, 11) is 0. The zero-order valence-corrected chi connectivity index (χ0v) is 17.8. The van der Waals surface area contributed by atoms with E-state index in [4.69, 9.17) is 4.74 Å². The first kappa shape index (κ1) is 19.9. The smallest absolute Gasteiger partial charge is 0.309 e. The van der Waals surface area contributed by atoms with Gasteiger partial charge in [0.2, 0.25) is 0 Å². The lowest BCUT2D eigenvalue weighted by Crippen LogP contribution is -2.40. The molecule has 1 saturated carbocycles. The second kappa shape index (κ2) is 8.14. The zero-order chi connectivity index (χ0) is 20.5. The molecule has 2 fully saturated rings. The first-order chi connectivity index (χ1) is 14.0. The average Bonchev–Trinajstić information content (AvgIpc) is 2.99. The number of fused-ring (bicyclic) bond motifs is 1. The molecule has 4 rings (SSSR count). The molecular weight excluding hydrogens is 358 g/mol. The molecule has 0 bridgehead atoms. The van der Waals surface area contributed by atoms with Crippen LogP contribution in [-0.2, 0) is 9.53 Å². The highest BCUT2D eigenvalue weighted by Gasteiger charge is 2.52. The number of hydrogen-bond acceptors (Lipinski definition) is 3. The van der Waals surface area contributed by atoms with E-state index in [0.717, 1.165) is 24.1 Å². The Hall–Kier alpha value is -2.42. The van der Waals surface area contributed by atoms with Crippen LogP contribution in [0.25, 0.3) is 17.2 Å². The number of rotatable bonds is 4. The SMILES string of the molecule is CC[C@H]1[C@H](/C=C/c2ccc(-c3cccc(C)c3)cn2)[C@@H]2[C@@H](C)OC(=O)[C@@H]2C[C@@H]1C. The third-order valence-corrected chi connectivity index (χ3v) is 7.01. The largest absolute Gasteiger partial charge is 0.462 e. The zero-order valence-electron chi connectivity index (χ0n) is 17.8. The predicted molar refractivity (Wildman–Crippen MR) is 117 cm³/mol. The highest BCUT2D eigenvalue weighted by molar-refractivity contribution is 5.75. The van der Waals surface area contributed by atoms with Crippen molar-refractivity contribution >= 4 is 12.0 Å². The molecule has 2 heterocycles. The summed E-state index contributed by atoms with van der Waals surface area (Å²) in [6.07, 6.45) is 8.47. The second-order valence-electron chi connectivity index (χ2n) is 8.89. The van der Waals surface area contributed by atoms with E-state index in [2.05, 4.69) is 81.2 Å². The van der Waals surface area contributed by atoms with Crippen LogP contribution >= 0.6 is 0 Å². The number of benzene rings is 1. The van der Waals surface area contributed by atoms with Gasteiger partial charge >= 0.3 is 5.97 Å². The minimum Gasteiger partial charge on any atom is -0.462 e. The summed E-state index contributed by atoms with van der Waals surface area (Å²) in [6.45, 7) is 8.71. The Balaban J connectivity index is 1.57. The Morgan fingerprint density at radius 1 is 1.17 bits per heavy atom. The molecule has 29 heavy (non-hydrogen) atoms. The van der Waals surface area contributed by atoms with Crippen molar-refractivity contribution in [3.05, 3.63) is 59.9 Å². The van der Waals surface area contributed by atoms with Gasteiger partial charge in [0.1, 0.15) is 6.10 Å². The Labute approximate surface area is 174 Å². The fraction of sp³-hybridized carbons (Fsp3) is 0.462. The lowest BCUT2D eigenvalue weighted by molar-refractivity contribution is -0.144. The topological polar surface area (TPSA) is 39.2 Å². The van der Waals surface area contributed by atoms with Crippen molar-refractivity contribution in [2.24, 2.45) is 29.6 Å². The Morgan fingerprint density at radius 2 is 2.00 bits per heavy atom. The fourth-order valence-corrected chi connectivity index (χ4v) is 5.56. The summed E-state index contributed by atoms with van der Waals surface area (Å²) >= 11 is 0. The van der Waals surface area contributed by atoms with Gasteiger partial charge in [-0.25, -0.2) is 0 Å². The van der Waals surface area contributed by atoms with Gasteiger partial charge in [0.05, 0.1) is 11.6 Å². The molecule has 1 aromatic heterocycles. The van der Waals surface area contributed by atoms with Gasteiger partial charge in [-0.1, -0.05) is 62.2 Å². The number of hydrogen-bond donors (Lipinski definition) is 0. The van der Waals surface area contributed by atoms with Gasteiger partial charge in [-0.15, -0.1) is 0 Å². The number of cyclic esters (lactones) is 1. The van der Waals surface area contributed by atoms with Crippen molar-refractivity contribution in [3.63, 3.8) is 0 Å². The standard InChI is InChI=1S/C26H31NO2/c1-5-22-17(3)14-24-25(18(4)29-26(24)28)23(22)12-11-21-10-9-20(15-27-21)19-8-6-7-16(2)13-19/h6-13,15,17-18,22-25H,5,14H2,1-4H3/b12-11+/t17-,18+,22+,23-,24+,25-/m0/s1.